The number of amides is 1. The summed E-state index contributed by atoms with van der Waals surface area (Å²) in [4.78, 5) is 14.9. The molecule has 0 spiro atoms. The van der Waals surface area contributed by atoms with Crippen LogP contribution in [0.25, 0.3) is 0 Å². The van der Waals surface area contributed by atoms with E-state index in [1.165, 1.54) is 31.5 Å². The first-order valence-corrected chi connectivity index (χ1v) is 9.78. The zero-order valence-corrected chi connectivity index (χ0v) is 16.6. The molecule has 4 heteroatoms. The molecule has 27 heavy (non-hydrogen) atoms. The Kier molecular flexibility index (Phi) is 6.51. The van der Waals surface area contributed by atoms with Crippen LogP contribution in [-0.2, 0) is 17.8 Å². The van der Waals surface area contributed by atoms with Crippen LogP contribution in [0.3, 0.4) is 0 Å². The van der Waals surface area contributed by atoms with E-state index in [9.17, 15) is 4.79 Å². The van der Waals surface area contributed by atoms with Crippen molar-refractivity contribution in [2.45, 2.75) is 39.7 Å². The van der Waals surface area contributed by atoms with Crippen molar-refractivity contribution in [1.29, 1.82) is 0 Å². The third kappa shape index (κ3) is 5.57. The number of nitrogens with one attached hydrogen (secondary N) is 1. The number of rotatable bonds is 6. The van der Waals surface area contributed by atoms with E-state index in [0.29, 0.717) is 6.42 Å². The highest BCUT2D eigenvalue weighted by Crippen LogP contribution is 2.21. The molecule has 1 fully saturated rings. The minimum Gasteiger partial charge on any atom is -0.496 e. The van der Waals surface area contributed by atoms with Gasteiger partial charge in [0.1, 0.15) is 5.75 Å². The number of methoxy groups -OCH3 is 1. The van der Waals surface area contributed by atoms with Crippen LogP contribution in [0.1, 0.15) is 36.5 Å². The van der Waals surface area contributed by atoms with Gasteiger partial charge in [-0.05, 0) is 73.7 Å². The van der Waals surface area contributed by atoms with E-state index in [4.69, 9.17) is 4.74 Å². The summed E-state index contributed by atoms with van der Waals surface area (Å²) >= 11 is 0. The Morgan fingerprint density at radius 2 is 1.78 bits per heavy atom. The number of hydrogen-bond donors (Lipinski definition) is 1. The van der Waals surface area contributed by atoms with Gasteiger partial charge in [-0.3, -0.25) is 9.69 Å². The van der Waals surface area contributed by atoms with E-state index in [1.807, 2.05) is 37.3 Å². The Morgan fingerprint density at radius 1 is 1.11 bits per heavy atom. The molecule has 144 valence electrons. The molecule has 3 rings (SSSR count). The molecule has 1 saturated heterocycles. The summed E-state index contributed by atoms with van der Waals surface area (Å²) in [6, 6.07) is 14.1. The van der Waals surface area contributed by atoms with Gasteiger partial charge in [-0.25, -0.2) is 0 Å². The van der Waals surface area contributed by atoms with Gasteiger partial charge in [-0.1, -0.05) is 31.2 Å². The Bertz CT molecular complexity index is 762. The van der Waals surface area contributed by atoms with Crippen molar-refractivity contribution in [1.82, 2.24) is 4.90 Å². The maximum absolute atomic E-state index is 12.3. The molecule has 0 saturated carbocycles. The smallest absolute Gasteiger partial charge is 0.228 e. The number of benzene rings is 2. The topological polar surface area (TPSA) is 41.6 Å². The van der Waals surface area contributed by atoms with Crippen LogP contribution in [0.5, 0.6) is 5.75 Å². The Hall–Kier alpha value is -2.33. The first-order valence-electron chi connectivity index (χ1n) is 9.78. The second kappa shape index (κ2) is 9.05. The highest BCUT2D eigenvalue weighted by atomic mass is 16.5. The van der Waals surface area contributed by atoms with Crippen LogP contribution in [0.4, 0.5) is 5.69 Å². The number of carbonyl (C=O) groups is 1. The summed E-state index contributed by atoms with van der Waals surface area (Å²) in [5.41, 5.74) is 4.16. The number of carbonyl (C=O) groups excluding carboxylic acids is 1. The summed E-state index contributed by atoms with van der Waals surface area (Å²) < 4.78 is 5.33. The van der Waals surface area contributed by atoms with E-state index < -0.39 is 0 Å². The van der Waals surface area contributed by atoms with E-state index >= 15 is 0 Å². The number of nitrogens with zero attached hydrogens (tertiary/aromatic N) is 1. The normalized spacial score (nSPS) is 15.5. The van der Waals surface area contributed by atoms with E-state index in [-0.39, 0.29) is 5.91 Å². The summed E-state index contributed by atoms with van der Waals surface area (Å²) in [5, 5.41) is 2.99. The molecule has 0 bridgehead atoms. The van der Waals surface area contributed by atoms with Crippen LogP contribution in [0.15, 0.2) is 42.5 Å². The molecule has 2 aromatic carbocycles. The van der Waals surface area contributed by atoms with Gasteiger partial charge in [0.15, 0.2) is 0 Å². The molecule has 0 unspecified atom stereocenters. The number of ether oxygens (including phenoxy) is 1. The largest absolute Gasteiger partial charge is 0.496 e. The second-order valence-electron chi connectivity index (χ2n) is 7.68. The van der Waals surface area contributed by atoms with Crippen molar-refractivity contribution < 1.29 is 9.53 Å². The molecule has 1 aliphatic rings. The molecule has 0 radical (unpaired) electrons. The SMILES string of the molecule is COc1cc(CC(=O)Nc2ccc(CN3CCC(C)CC3)cc2)ccc1C. The molecule has 1 heterocycles. The zero-order valence-electron chi connectivity index (χ0n) is 16.6. The first kappa shape index (κ1) is 19.4. The van der Waals surface area contributed by atoms with Gasteiger partial charge in [0.25, 0.3) is 0 Å². The average molecular weight is 367 g/mol. The van der Waals surface area contributed by atoms with Crippen LogP contribution >= 0.6 is 0 Å². The molecule has 0 atom stereocenters. The minimum absolute atomic E-state index is 0.0151. The fourth-order valence-electron chi connectivity index (χ4n) is 3.54. The maximum Gasteiger partial charge on any atom is 0.228 e. The average Bonchev–Trinajstić information content (AvgIpc) is 2.66. The molecule has 1 amide bonds. The molecule has 0 aliphatic carbocycles. The summed E-state index contributed by atoms with van der Waals surface area (Å²) in [6.07, 6.45) is 2.92. The summed E-state index contributed by atoms with van der Waals surface area (Å²) in [7, 11) is 1.65. The van der Waals surface area contributed by atoms with E-state index in [2.05, 4.69) is 29.3 Å². The summed E-state index contributed by atoms with van der Waals surface area (Å²) in [6.45, 7) is 7.68. The molecule has 2 aromatic rings. The highest BCUT2D eigenvalue weighted by molar-refractivity contribution is 5.92. The molecular formula is C23H30N2O2. The summed E-state index contributed by atoms with van der Waals surface area (Å²) in [5.74, 6) is 1.66. The molecule has 0 aromatic heterocycles. The molecular weight excluding hydrogens is 336 g/mol. The molecule has 1 N–H and O–H groups in total. The van der Waals surface area contributed by atoms with Gasteiger partial charge < -0.3 is 10.1 Å². The molecule has 1 aliphatic heterocycles. The number of aryl methyl sites for hydroxylation is 1. The van der Waals surface area contributed by atoms with Gasteiger partial charge in [-0.2, -0.15) is 0 Å². The third-order valence-electron chi connectivity index (χ3n) is 5.36. The second-order valence-corrected chi connectivity index (χ2v) is 7.68. The lowest BCUT2D eigenvalue weighted by molar-refractivity contribution is -0.115. The number of likely N-dealkylation sites (tertiary alicyclic amines) is 1. The van der Waals surface area contributed by atoms with Gasteiger partial charge in [0, 0.05) is 12.2 Å². The van der Waals surface area contributed by atoms with Gasteiger partial charge in [0.2, 0.25) is 5.91 Å². The van der Waals surface area contributed by atoms with Gasteiger partial charge in [-0.15, -0.1) is 0 Å². The van der Waals surface area contributed by atoms with Crippen molar-refractivity contribution in [2.75, 3.05) is 25.5 Å². The number of hydrogen-bond acceptors (Lipinski definition) is 3. The van der Waals surface area contributed by atoms with Crippen molar-refractivity contribution in [3.05, 3.63) is 59.2 Å². The van der Waals surface area contributed by atoms with Crippen molar-refractivity contribution in [3.63, 3.8) is 0 Å². The van der Waals surface area contributed by atoms with Crippen LogP contribution in [0, 0.1) is 12.8 Å². The third-order valence-corrected chi connectivity index (χ3v) is 5.36. The first-order chi connectivity index (χ1) is 13.0. The Morgan fingerprint density at radius 3 is 2.44 bits per heavy atom. The van der Waals surface area contributed by atoms with Gasteiger partial charge in [0.05, 0.1) is 13.5 Å². The number of anilines is 1. The lowest BCUT2D eigenvalue weighted by Gasteiger charge is -2.30. The number of piperidine rings is 1. The predicted molar refractivity (Wildman–Crippen MR) is 110 cm³/mol. The fourth-order valence-corrected chi connectivity index (χ4v) is 3.54. The van der Waals surface area contributed by atoms with E-state index in [0.717, 1.165) is 35.0 Å². The zero-order chi connectivity index (χ0) is 19.2. The minimum atomic E-state index is -0.0151. The van der Waals surface area contributed by atoms with Crippen LogP contribution in [-0.4, -0.2) is 31.0 Å². The fraction of sp³-hybridized carbons (Fsp3) is 0.435. The van der Waals surface area contributed by atoms with Crippen LogP contribution < -0.4 is 10.1 Å². The highest BCUT2D eigenvalue weighted by Gasteiger charge is 2.15. The quantitative estimate of drug-likeness (QED) is 0.823. The van der Waals surface area contributed by atoms with Crippen molar-refractivity contribution >= 4 is 11.6 Å². The Labute approximate surface area is 162 Å². The monoisotopic (exact) mass is 366 g/mol. The van der Waals surface area contributed by atoms with Crippen LogP contribution in [0.2, 0.25) is 0 Å². The lowest BCUT2D eigenvalue weighted by Crippen LogP contribution is -2.32. The molecule has 4 nitrogen and oxygen atoms in total. The Balaban J connectivity index is 1.52. The standard InChI is InChI=1S/C23H30N2O2/c1-17-10-12-25(13-11-17)16-19-6-8-21(9-7-19)24-23(26)15-20-5-4-18(2)22(14-20)27-3/h4-9,14,17H,10-13,15-16H2,1-3H3,(H,24,26). The van der Waals surface area contributed by atoms with Crippen molar-refractivity contribution in [3.8, 4) is 5.75 Å². The maximum atomic E-state index is 12.3. The van der Waals surface area contributed by atoms with E-state index in [1.54, 1.807) is 7.11 Å². The lowest BCUT2D eigenvalue weighted by atomic mass is 9.99. The van der Waals surface area contributed by atoms with Gasteiger partial charge >= 0.3 is 0 Å². The van der Waals surface area contributed by atoms with Crippen molar-refractivity contribution in [2.24, 2.45) is 5.92 Å². The predicted octanol–water partition coefficient (Wildman–Crippen LogP) is 4.42.